The van der Waals surface area contributed by atoms with Crippen LogP contribution in [0.5, 0.6) is 5.75 Å². The highest BCUT2D eigenvalue weighted by atomic mass is 19.4. The Hall–Kier alpha value is -4.98. The fourth-order valence-electron chi connectivity index (χ4n) is 4.31. The summed E-state index contributed by atoms with van der Waals surface area (Å²) >= 11 is 0. The molecule has 1 amide bonds. The summed E-state index contributed by atoms with van der Waals surface area (Å²) < 4.78 is 44.7. The summed E-state index contributed by atoms with van der Waals surface area (Å²) in [6.07, 6.45) is -3.43. The number of ether oxygens (including phenoxy) is 1. The molecule has 0 unspecified atom stereocenters. The average molecular weight is 527 g/mol. The number of carbonyl (C=O) groups is 2. The fourth-order valence-corrected chi connectivity index (χ4v) is 4.31. The predicted octanol–water partition coefficient (Wildman–Crippen LogP) is 6.92. The van der Waals surface area contributed by atoms with E-state index in [4.69, 9.17) is 4.74 Å². The summed E-state index contributed by atoms with van der Waals surface area (Å²) in [5.74, 6) is -0.909. The van der Waals surface area contributed by atoms with Gasteiger partial charge in [0, 0.05) is 5.56 Å². The molecule has 0 aliphatic heterocycles. The molecule has 1 N–H and O–H groups in total. The highest BCUT2D eigenvalue weighted by molar-refractivity contribution is 6.07. The second kappa shape index (κ2) is 10.8. The van der Waals surface area contributed by atoms with Gasteiger partial charge < -0.3 is 4.74 Å². The van der Waals surface area contributed by atoms with Gasteiger partial charge in [-0.05, 0) is 45.3 Å². The molecular weight excluding hydrogens is 505 g/mol. The van der Waals surface area contributed by atoms with Crippen molar-refractivity contribution in [1.82, 2.24) is 5.43 Å². The van der Waals surface area contributed by atoms with Gasteiger partial charge in [-0.25, -0.2) is 10.2 Å². The van der Waals surface area contributed by atoms with Crippen LogP contribution in [0.15, 0.2) is 108 Å². The SMILES string of the molecule is O=C(Cc1cccc(C(F)(F)F)c1)NN=Cc1c(OC(=O)c2cccc3ccccc23)ccc2ccccc12. The molecule has 0 aliphatic rings. The van der Waals surface area contributed by atoms with Crippen LogP contribution in [-0.2, 0) is 17.4 Å². The van der Waals surface area contributed by atoms with Crippen LogP contribution in [-0.4, -0.2) is 18.1 Å². The number of nitrogens with zero attached hydrogens (tertiary/aromatic N) is 1. The lowest BCUT2D eigenvalue weighted by Crippen LogP contribution is -2.20. The van der Waals surface area contributed by atoms with Crippen LogP contribution >= 0.6 is 0 Å². The van der Waals surface area contributed by atoms with Crippen LogP contribution in [0.4, 0.5) is 13.2 Å². The summed E-state index contributed by atoms with van der Waals surface area (Å²) in [7, 11) is 0. The zero-order valence-corrected chi connectivity index (χ0v) is 20.4. The van der Waals surface area contributed by atoms with E-state index >= 15 is 0 Å². The van der Waals surface area contributed by atoms with Crippen molar-refractivity contribution in [2.75, 3.05) is 0 Å². The quantitative estimate of drug-likeness (QED) is 0.113. The molecule has 5 aromatic carbocycles. The molecule has 0 aliphatic carbocycles. The Labute approximate surface area is 221 Å². The molecule has 5 nitrogen and oxygen atoms in total. The maximum atomic E-state index is 13.2. The minimum atomic E-state index is -4.50. The van der Waals surface area contributed by atoms with E-state index in [9.17, 15) is 22.8 Å². The van der Waals surface area contributed by atoms with E-state index in [-0.39, 0.29) is 17.7 Å². The number of carbonyl (C=O) groups excluding carboxylic acids is 2. The normalized spacial score (nSPS) is 11.7. The fraction of sp³-hybridized carbons (Fsp3) is 0.0645. The maximum Gasteiger partial charge on any atom is 0.416 e. The number of alkyl halides is 3. The molecular formula is C31H21F3N2O3. The highest BCUT2D eigenvalue weighted by Gasteiger charge is 2.30. The first-order valence-corrected chi connectivity index (χ1v) is 12.0. The number of rotatable bonds is 6. The van der Waals surface area contributed by atoms with E-state index in [1.54, 1.807) is 18.2 Å². The monoisotopic (exact) mass is 526 g/mol. The topological polar surface area (TPSA) is 67.8 Å². The van der Waals surface area contributed by atoms with Gasteiger partial charge in [0.15, 0.2) is 0 Å². The summed E-state index contributed by atoms with van der Waals surface area (Å²) in [5.41, 5.74) is 2.58. The Morgan fingerprint density at radius 1 is 0.795 bits per heavy atom. The van der Waals surface area contributed by atoms with Crippen molar-refractivity contribution in [2.45, 2.75) is 12.6 Å². The van der Waals surface area contributed by atoms with Crippen molar-refractivity contribution in [2.24, 2.45) is 5.10 Å². The van der Waals surface area contributed by atoms with E-state index in [0.29, 0.717) is 11.1 Å². The summed E-state index contributed by atoms with van der Waals surface area (Å²) in [6, 6.07) is 28.3. The van der Waals surface area contributed by atoms with Gasteiger partial charge in [-0.2, -0.15) is 18.3 Å². The standard InChI is InChI=1S/C31H21F3N2O3/c32-31(33,34)23-11-5-7-20(17-23)18-29(37)36-35-19-27-25-13-4-2-9-22(25)15-16-28(27)39-30(38)26-14-6-10-21-8-1-3-12-24(21)26/h1-17,19H,18H2,(H,36,37). The van der Waals surface area contributed by atoms with Crippen molar-refractivity contribution in [3.8, 4) is 5.75 Å². The number of benzene rings is 5. The largest absolute Gasteiger partial charge is 0.422 e. The molecule has 0 aromatic heterocycles. The molecule has 0 saturated carbocycles. The lowest BCUT2D eigenvalue weighted by Gasteiger charge is -2.12. The summed E-state index contributed by atoms with van der Waals surface area (Å²) in [5, 5.41) is 7.26. The summed E-state index contributed by atoms with van der Waals surface area (Å²) in [4.78, 5) is 25.6. The molecule has 5 rings (SSSR count). The minimum Gasteiger partial charge on any atom is -0.422 e. The number of nitrogens with one attached hydrogen (secondary N) is 1. The van der Waals surface area contributed by atoms with Crippen molar-refractivity contribution in [3.63, 3.8) is 0 Å². The van der Waals surface area contributed by atoms with Gasteiger partial charge in [0.05, 0.1) is 23.8 Å². The molecule has 39 heavy (non-hydrogen) atoms. The van der Waals surface area contributed by atoms with Crippen molar-refractivity contribution in [3.05, 3.63) is 125 Å². The molecule has 0 saturated heterocycles. The van der Waals surface area contributed by atoms with E-state index in [1.165, 1.54) is 18.3 Å². The number of fused-ring (bicyclic) bond motifs is 2. The molecule has 0 heterocycles. The number of halogens is 3. The van der Waals surface area contributed by atoms with E-state index in [1.807, 2.05) is 60.7 Å². The van der Waals surface area contributed by atoms with Gasteiger partial charge in [0.2, 0.25) is 5.91 Å². The van der Waals surface area contributed by atoms with Crippen LogP contribution in [0.1, 0.15) is 27.0 Å². The smallest absolute Gasteiger partial charge is 0.416 e. The lowest BCUT2D eigenvalue weighted by molar-refractivity contribution is -0.137. The molecule has 8 heteroatoms. The van der Waals surface area contributed by atoms with E-state index < -0.39 is 23.6 Å². The maximum absolute atomic E-state index is 13.2. The third-order valence-corrected chi connectivity index (χ3v) is 6.14. The second-order valence-corrected chi connectivity index (χ2v) is 8.78. The van der Waals surface area contributed by atoms with Gasteiger partial charge in [0.1, 0.15) is 5.75 Å². The Morgan fingerprint density at radius 3 is 2.23 bits per heavy atom. The van der Waals surface area contributed by atoms with Gasteiger partial charge >= 0.3 is 12.1 Å². The number of hydrogen-bond acceptors (Lipinski definition) is 4. The van der Waals surface area contributed by atoms with Gasteiger partial charge in [-0.15, -0.1) is 0 Å². The first-order chi connectivity index (χ1) is 18.8. The molecule has 5 aromatic rings. The second-order valence-electron chi connectivity index (χ2n) is 8.78. The molecule has 0 spiro atoms. The van der Waals surface area contributed by atoms with E-state index in [2.05, 4.69) is 10.5 Å². The van der Waals surface area contributed by atoms with E-state index in [0.717, 1.165) is 33.7 Å². The minimum absolute atomic E-state index is 0.201. The number of hydrazone groups is 1. The molecule has 0 atom stereocenters. The third-order valence-electron chi connectivity index (χ3n) is 6.14. The lowest BCUT2D eigenvalue weighted by atomic mass is 10.0. The van der Waals surface area contributed by atoms with Crippen LogP contribution in [0.25, 0.3) is 21.5 Å². The number of esters is 1. The molecule has 0 fully saturated rings. The predicted molar refractivity (Wildman–Crippen MR) is 144 cm³/mol. The van der Waals surface area contributed by atoms with Crippen molar-refractivity contribution >= 4 is 39.6 Å². The Balaban J connectivity index is 1.39. The Bertz CT molecular complexity index is 1720. The van der Waals surface area contributed by atoms with Crippen LogP contribution in [0.2, 0.25) is 0 Å². The average Bonchev–Trinajstić information content (AvgIpc) is 2.93. The molecule has 0 radical (unpaired) electrons. The zero-order chi connectivity index (χ0) is 27.4. The zero-order valence-electron chi connectivity index (χ0n) is 20.4. The summed E-state index contributed by atoms with van der Waals surface area (Å²) in [6.45, 7) is 0. The van der Waals surface area contributed by atoms with Gasteiger partial charge in [-0.3, -0.25) is 4.79 Å². The van der Waals surface area contributed by atoms with Crippen LogP contribution in [0, 0.1) is 0 Å². The number of amides is 1. The van der Waals surface area contributed by atoms with Gasteiger partial charge in [-0.1, -0.05) is 84.9 Å². The highest BCUT2D eigenvalue weighted by Crippen LogP contribution is 2.30. The first-order valence-electron chi connectivity index (χ1n) is 12.0. The Kier molecular flexibility index (Phi) is 7.10. The van der Waals surface area contributed by atoms with Crippen molar-refractivity contribution < 1.29 is 27.5 Å². The first kappa shape index (κ1) is 25.7. The number of hydrogen-bond donors (Lipinski definition) is 1. The van der Waals surface area contributed by atoms with Crippen molar-refractivity contribution in [1.29, 1.82) is 0 Å². The third kappa shape index (κ3) is 5.80. The van der Waals surface area contributed by atoms with Gasteiger partial charge in [0.25, 0.3) is 0 Å². The molecule has 0 bridgehead atoms. The molecule has 194 valence electrons. The Morgan fingerprint density at radius 2 is 1.46 bits per heavy atom. The van der Waals surface area contributed by atoms with Crippen LogP contribution in [0.3, 0.4) is 0 Å². The van der Waals surface area contributed by atoms with Crippen LogP contribution < -0.4 is 10.2 Å².